The molecule has 2 atom stereocenters. The zero-order valence-electron chi connectivity index (χ0n) is 12.3. The van der Waals surface area contributed by atoms with Gasteiger partial charge in [-0.2, -0.15) is 5.26 Å². The summed E-state index contributed by atoms with van der Waals surface area (Å²) in [5, 5.41) is 9.66. The summed E-state index contributed by atoms with van der Waals surface area (Å²) >= 11 is 0. The molecule has 0 spiro atoms. The fourth-order valence-corrected chi connectivity index (χ4v) is 3.08. The van der Waals surface area contributed by atoms with Gasteiger partial charge in [0, 0.05) is 13.0 Å². The lowest BCUT2D eigenvalue weighted by atomic mass is 9.88. The third kappa shape index (κ3) is 3.36. The second-order valence-corrected chi connectivity index (χ2v) is 6.24. The molecule has 1 aromatic rings. The van der Waals surface area contributed by atoms with Gasteiger partial charge >= 0.3 is 0 Å². The summed E-state index contributed by atoms with van der Waals surface area (Å²) in [7, 11) is 0. The molecule has 1 heterocycles. The number of aryl methyl sites for hydroxylation is 1. The van der Waals surface area contributed by atoms with Crippen molar-refractivity contribution in [2.75, 3.05) is 13.1 Å². The van der Waals surface area contributed by atoms with Gasteiger partial charge in [-0.1, -0.05) is 36.8 Å². The number of rotatable bonds is 3. The van der Waals surface area contributed by atoms with E-state index in [1.165, 1.54) is 24.0 Å². The standard InChI is InChI=1S/C17H24N2/c1-14-6-4-8-16(10-14)11-17(3,13-18)19-9-5-7-15(2)12-19/h4,6,8,10,15H,5,7,9,11-12H2,1-3H3. The molecule has 0 N–H and O–H groups in total. The van der Waals surface area contributed by atoms with Crippen LogP contribution in [0.3, 0.4) is 0 Å². The lowest BCUT2D eigenvalue weighted by molar-refractivity contribution is 0.0959. The van der Waals surface area contributed by atoms with Crippen LogP contribution in [0.5, 0.6) is 0 Å². The lowest BCUT2D eigenvalue weighted by Crippen LogP contribution is -2.51. The molecule has 0 bridgehead atoms. The molecule has 0 saturated carbocycles. The Morgan fingerprint density at radius 2 is 2.26 bits per heavy atom. The Labute approximate surface area is 117 Å². The van der Waals surface area contributed by atoms with Gasteiger partial charge in [0.1, 0.15) is 5.54 Å². The highest BCUT2D eigenvalue weighted by atomic mass is 15.2. The van der Waals surface area contributed by atoms with Crippen molar-refractivity contribution < 1.29 is 0 Å². The van der Waals surface area contributed by atoms with E-state index >= 15 is 0 Å². The first-order valence-corrected chi connectivity index (χ1v) is 7.25. The lowest BCUT2D eigenvalue weighted by Gasteiger charge is -2.41. The van der Waals surface area contributed by atoms with E-state index in [0.717, 1.165) is 19.5 Å². The normalized spacial score (nSPS) is 23.6. The smallest absolute Gasteiger partial charge is 0.110 e. The summed E-state index contributed by atoms with van der Waals surface area (Å²) in [6.07, 6.45) is 3.33. The Hall–Kier alpha value is -1.33. The number of hydrogen-bond donors (Lipinski definition) is 0. The zero-order valence-corrected chi connectivity index (χ0v) is 12.3. The molecular formula is C17H24N2. The van der Waals surface area contributed by atoms with Crippen molar-refractivity contribution in [1.29, 1.82) is 5.26 Å². The van der Waals surface area contributed by atoms with Crippen LogP contribution < -0.4 is 0 Å². The highest BCUT2D eigenvalue weighted by Gasteiger charge is 2.34. The van der Waals surface area contributed by atoms with E-state index in [0.29, 0.717) is 5.92 Å². The van der Waals surface area contributed by atoms with E-state index in [9.17, 15) is 5.26 Å². The summed E-state index contributed by atoms with van der Waals surface area (Å²) in [5.41, 5.74) is 2.16. The molecule has 2 heteroatoms. The SMILES string of the molecule is Cc1cccc(CC(C)(C#N)N2CCCC(C)C2)c1. The second-order valence-electron chi connectivity index (χ2n) is 6.24. The van der Waals surface area contributed by atoms with E-state index in [4.69, 9.17) is 0 Å². The molecule has 1 aromatic carbocycles. The first-order chi connectivity index (χ1) is 9.03. The number of benzene rings is 1. The van der Waals surface area contributed by atoms with E-state index in [1.54, 1.807) is 0 Å². The second kappa shape index (κ2) is 5.75. The van der Waals surface area contributed by atoms with Gasteiger partial charge in [0.2, 0.25) is 0 Å². The Kier molecular flexibility index (Phi) is 4.27. The van der Waals surface area contributed by atoms with Crippen molar-refractivity contribution in [3.05, 3.63) is 35.4 Å². The van der Waals surface area contributed by atoms with Gasteiger partial charge in [-0.3, -0.25) is 4.90 Å². The van der Waals surface area contributed by atoms with Gasteiger partial charge < -0.3 is 0 Å². The van der Waals surface area contributed by atoms with E-state index in [1.807, 2.05) is 0 Å². The minimum atomic E-state index is -0.373. The Morgan fingerprint density at radius 1 is 1.47 bits per heavy atom. The molecule has 2 unspecified atom stereocenters. The molecule has 1 saturated heterocycles. The molecule has 0 aromatic heterocycles. The quantitative estimate of drug-likeness (QED) is 0.827. The van der Waals surface area contributed by atoms with E-state index < -0.39 is 0 Å². The summed E-state index contributed by atoms with van der Waals surface area (Å²) in [5.74, 6) is 0.707. The number of nitrogens with zero attached hydrogens (tertiary/aromatic N) is 2. The van der Waals surface area contributed by atoms with Crippen LogP contribution in [0, 0.1) is 24.2 Å². The minimum Gasteiger partial charge on any atom is -0.285 e. The maximum Gasteiger partial charge on any atom is 0.110 e. The maximum absolute atomic E-state index is 9.66. The first-order valence-electron chi connectivity index (χ1n) is 7.25. The maximum atomic E-state index is 9.66. The van der Waals surface area contributed by atoms with Gasteiger partial charge in [-0.25, -0.2) is 0 Å². The van der Waals surface area contributed by atoms with E-state index in [-0.39, 0.29) is 5.54 Å². The Morgan fingerprint density at radius 3 is 2.89 bits per heavy atom. The van der Waals surface area contributed by atoms with Crippen LogP contribution in [-0.2, 0) is 6.42 Å². The molecule has 0 radical (unpaired) electrons. The molecule has 1 aliphatic heterocycles. The molecule has 1 aliphatic rings. The average Bonchev–Trinajstić information content (AvgIpc) is 2.38. The van der Waals surface area contributed by atoms with Crippen LogP contribution in [-0.4, -0.2) is 23.5 Å². The monoisotopic (exact) mass is 256 g/mol. The molecule has 0 aliphatic carbocycles. The van der Waals surface area contributed by atoms with Crippen molar-refractivity contribution in [2.45, 2.75) is 45.6 Å². The van der Waals surface area contributed by atoms with Gasteiger partial charge in [-0.15, -0.1) is 0 Å². The van der Waals surface area contributed by atoms with E-state index in [2.05, 4.69) is 56.0 Å². The minimum absolute atomic E-state index is 0.373. The Bertz CT molecular complexity index is 474. The van der Waals surface area contributed by atoms with Crippen molar-refractivity contribution in [3.8, 4) is 6.07 Å². The Balaban J connectivity index is 2.16. The zero-order chi connectivity index (χ0) is 13.9. The highest BCUT2D eigenvalue weighted by Crippen LogP contribution is 2.27. The molecular weight excluding hydrogens is 232 g/mol. The largest absolute Gasteiger partial charge is 0.285 e. The van der Waals surface area contributed by atoms with Crippen molar-refractivity contribution >= 4 is 0 Å². The molecule has 2 rings (SSSR count). The van der Waals surface area contributed by atoms with Crippen molar-refractivity contribution in [3.63, 3.8) is 0 Å². The molecule has 102 valence electrons. The molecule has 19 heavy (non-hydrogen) atoms. The third-order valence-corrected chi connectivity index (χ3v) is 4.23. The van der Waals surface area contributed by atoms with Crippen LogP contribution in [0.15, 0.2) is 24.3 Å². The molecule has 1 fully saturated rings. The summed E-state index contributed by atoms with van der Waals surface area (Å²) in [6, 6.07) is 11.1. The summed E-state index contributed by atoms with van der Waals surface area (Å²) in [6.45, 7) is 8.59. The highest BCUT2D eigenvalue weighted by molar-refractivity contribution is 5.26. The van der Waals surface area contributed by atoms with Crippen molar-refractivity contribution in [2.24, 2.45) is 5.92 Å². The average molecular weight is 256 g/mol. The fourth-order valence-electron chi connectivity index (χ4n) is 3.08. The van der Waals surface area contributed by atoms with Crippen LogP contribution in [0.4, 0.5) is 0 Å². The predicted octanol–water partition coefficient (Wildman–Crippen LogP) is 3.55. The van der Waals surface area contributed by atoms with Crippen LogP contribution in [0.2, 0.25) is 0 Å². The molecule has 2 nitrogen and oxygen atoms in total. The third-order valence-electron chi connectivity index (χ3n) is 4.23. The number of hydrogen-bond acceptors (Lipinski definition) is 2. The van der Waals surface area contributed by atoms with Gasteiger partial charge in [0.15, 0.2) is 0 Å². The number of piperidine rings is 1. The number of nitriles is 1. The van der Waals surface area contributed by atoms with Crippen molar-refractivity contribution in [1.82, 2.24) is 4.90 Å². The molecule has 0 amide bonds. The number of likely N-dealkylation sites (tertiary alicyclic amines) is 1. The summed E-state index contributed by atoms with van der Waals surface area (Å²) in [4.78, 5) is 2.38. The topological polar surface area (TPSA) is 27.0 Å². The predicted molar refractivity (Wildman–Crippen MR) is 78.9 cm³/mol. The van der Waals surface area contributed by atoms with Gasteiger partial charge in [-0.05, 0) is 44.7 Å². The van der Waals surface area contributed by atoms with Crippen LogP contribution in [0.25, 0.3) is 0 Å². The fraction of sp³-hybridized carbons (Fsp3) is 0.588. The summed E-state index contributed by atoms with van der Waals surface area (Å²) < 4.78 is 0. The first kappa shape index (κ1) is 14.1. The van der Waals surface area contributed by atoms with Crippen LogP contribution >= 0.6 is 0 Å². The van der Waals surface area contributed by atoms with Gasteiger partial charge in [0.05, 0.1) is 6.07 Å². The van der Waals surface area contributed by atoms with Gasteiger partial charge in [0.25, 0.3) is 0 Å². The van der Waals surface area contributed by atoms with Crippen LogP contribution in [0.1, 0.15) is 37.8 Å².